The van der Waals surface area contributed by atoms with Gasteiger partial charge in [0.1, 0.15) is 0 Å². The Labute approximate surface area is 78.1 Å². The molecule has 1 aromatic heterocycles. The Balaban J connectivity index is 3.05. The Morgan fingerprint density at radius 2 is 2.08 bits per heavy atom. The van der Waals surface area contributed by atoms with Crippen LogP contribution in [-0.4, -0.2) is 5.11 Å². The summed E-state index contributed by atoms with van der Waals surface area (Å²) in [5.41, 5.74) is 0.525. The Morgan fingerprint density at radius 1 is 1.50 bits per heavy atom. The normalized spacial score (nSPS) is 16.5. The van der Waals surface area contributed by atoms with Crippen molar-refractivity contribution in [2.24, 2.45) is 5.92 Å². The molecule has 0 bridgehead atoms. The van der Waals surface area contributed by atoms with Crippen LogP contribution in [0.1, 0.15) is 31.2 Å². The maximum Gasteiger partial charge on any atom is 0.0985 e. The van der Waals surface area contributed by atoms with Gasteiger partial charge >= 0.3 is 0 Å². The third kappa shape index (κ3) is 1.54. The molecule has 12 heavy (non-hydrogen) atoms. The maximum atomic E-state index is 10.1. The van der Waals surface area contributed by atoms with Crippen LogP contribution in [-0.2, 0) is 5.60 Å². The van der Waals surface area contributed by atoms with Gasteiger partial charge in [0, 0.05) is 4.88 Å². The largest absolute Gasteiger partial charge is 0.384 e. The molecule has 1 rings (SSSR count). The van der Waals surface area contributed by atoms with Crippen molar-refractivity contribution in [3.05, 3.63) is 21.9 Å². The van der Waals surface area contributed by atoms with E-state index in [0.717, 1.165) is 4.88 Å². The first-order chi connectivity index (χ1) is 5.46. The molecule has 2 heteroatoms. The molecule has 0 fully saturated rings. The summed E-state index contributed by atoms with van der Waals surface area (Å²) in [6, 6.07) is 2.05. The van der Waals surface area contributed by atoms with Gasteiger partial charge in [-0.15, -0.1) is 11.3 Å². The molecule has 0 spiro atoms. The molecule has 1 N–H and O–H groups in total. The fourth-order valence-electron chi connectivity index (χ4n) is 1.15. The highest BCUT2D eigenvalue weighted by Gasteiger charge is 2.29. The number of hydrogen-bond acceptors (Lipinski definition) is 2. The second-order valence-electron chi connectivity index (χ2n) is 3.73. The summed E-state index contributed by atoms with van der Waals surface area (Å²) in [4.78, 5) is 1.09. The van der Waals surface area contributed by atoms with Crippen LogP contribution >= 0.6 is 11.3 Å². The summed E-state index contributed by atoms with van der Waals surface area (Å²) in [6.07, 6.45) is 0. The second-order valence-corrected chi connectivity index (χ2v) is 4.65. The van der Waals surface area contributed by atoms with E-state index in [0.29, 0.717) is 0 Å². The van der Waals surface area contributed by atoms with Crippen molar-refractivity contribution in [2.45, 2.75) is 33.3 Å². The van der Waals surface area contributed by atoms with Gasteiger partial charge in [-0.05, 0) is 36.8 Å². The van der Waals surface area contributed by atoms with E-state index < -0.39 is 5.60 Å². The van der Waals surface area contributed by atoms with Gasteiger partial charge in [-0.2, -0.15) is 0 Å². The molecule has 0 saturated carbocycles. The molecule has 0 radical (unpaired) electrons. The van der Waals surface area contributed by atoms with Crippen LogP contribution in [0.15, 0.2) is 11.4 Å². The zero-order chi connectivity index (χ0) is 9.35. The molecule has 0 aromatic carbocycles. The number of aliphatic hydroxyl groups is 1. The van der Waals surface area contributed by atoms with Crippen LogP contribution in [0.3, 0.4) is 0 Å². The first kappa shape index (κ1) is 9.75. The lowest BCUT2D eigenvalue weighted by Gasteiger charge is -2.27. The average molecular weight is 184 g/mol. The highest BCUT2D eigenvalue weighted by molar-refractivity contribution is 7.10. The van der Waals surface area contributed by atoms with Crippen molar-refractivity contribution in [1.82, 2.24) is 0 Å². The highest BCUT2D eigenvalue weighted by Crippen LogP contribution is 2.34. The molecule has 0 aliphatic rings. The lowest BCUT2D eigenvalue weighted by molar-refractivity contribution is 0.0121. The fraction of sp³-hybridized carbons (Fsp3) is 0.600. The van der Waals surface area contributed by atoms with Gasteiger partial charge in [-0.3, -0.25) is 0 Å². The highest BCUT2D eigenvalue weighted by atomic mass is 32.1. The van der Waals surface area contributed by atoms with Crippen LogP contribution in [0.5, 0.6) is 0 Å². The van der Waals surface area contributed by atoms with E-state index in [-0.39, 0.29) is 5.92 Å². The molecule has 1 nitrogen and oxygen atoms in total. The van der Waals surface area contributed by atoms with Crippen LogP contribution in [0.2, 0.25) is 0 Å². The van der Waals surface area contributed by atoms with Crippen molar-refractivity contribution in [3.63, 3.8) is 0 Å². The summed E-state index contributed by atoms with van der Waals surface area (Å²) in [7, 11) is 0. The lowest BCUT2D eigenvalue weighted by Crippen LogP contribution is -2.27. The van der Waals surface area contributed by atoms with Gasteiger partial charge in [0.2, 0.25) is 0 Å². The molecule has 0 aliphatic heterocycles. The molecule has 68 valence electrons. The fourth-order valence-corrected chi connectivity index (χ4v) is 2.29. The van der Waals surface area contributed by atoms with E-state index in [4.69, 9.17) is 0 Å². The molecule has 0 amide bonds. The van der Waals surface area contributed by atoms with E-state index in [1.54, 1.807) is 11.3 Å². The molecular formula is C10H16OS. The predicted molar refractivity (Wildman–Crippen MR) is 53.5 cm³/mol. The quantitative estimate of drug-likeness (QED) is 0.749. The third-order valence-corrected chi connectivity index (χ3v) is 3.69. The molecule has 1 aromatic rings. The molecule has 1 unspecified atom stereocenters. The number of hydrogen-bond donors (Lipinski definition) is 1. The minimum atomic E-state index is -0.668. The van der Waals surface area contributed by atoms with E-state index in [2.05, 4.69) is 6.07 Å². The summed E-state index contributed by atoms with van der Waals surface area (Å²) in [5, 5.41) is 12.2. The van der Waals surface area contributed by atoms with Gasteiger partial charge in [0.25, 0.3) is 0 Å². The average Bonchev–Trinajstić information content (AvgIpc) is 2.35. The number of aryl methyl sites for hydroxylation is 1. The summed E-state index contributed by atoms with van der Waals surface area (Å²) >= 11 is 1.63. The van der Waals surface area contributed by atoms with E-state index in [1.807, 2.05) is 33.1 Å². The predicted octanol–water partition coefficient (Wildman–Crippen LogP) is 2.92. The Bertz CT molecular complexity index is 261. The Kier molecular flexibility index (Phi) is 2.59. The zero-order valence-electron chi connectivity index (χ0n) is 8.09. The van der Waals surface area contributed by atoms with E-state index >= 15 is 0 Å². The topological polar surface area (TPSA) is 20.2 Å². The summed E-state index contributed by atoms with van der Waals surface area (Å²) in [5.74, 6) is 0.259. The third-order valence-electron chi connectivity index (χ3n) is 2.45. The van der Waals surface area contributed by atoms with Crippen molar-refractivity contribution < 1.29 is 5.11 Å². The van der Waals surface area contributed by atoms with Crippen molar-refractivity contribution >= 4 is 11.3 Å². The number of thiophene rings is 1. The van der Waals surface area contributed by atoms with Gasteiger partial charge in [0.15, 0.2) is 0 Å². The van der Waals surface area contributed by atoms with Crippen LogP contribution < -0.4 is 0 Å². The first-order valence-electron chi connectivity index (χ1n) is 4.23. The Morgan fingerprint density at radius 3 is 2.42 bits per heavy atom. The Hall–Kier alpha value is -0.340. The molecule has 0 saturated heterocycles. The van der Waals surface area contributed by atoms with Gasteiger partial charge < -0.3 is 5.11 Å². The van der Waals surface area contributed by atoms with Gasteiger partial charge in [-0.25, -0.2) is 0 Å². The smallest absolute Gasteiger partial charge is 0.0985 e. The van der Waals surface area contributed by atoms with Crippen LogP contribution in [0, 0.1) is 12.8 Å². The van der Waals surface area contributed by atoms with Crippen LogP contribution in [0.25, 0.3) is 0 Å². The van der Waals surface area contributed by atoms with Crippen molar-refractivity contribution in [3.8, 4) is 0 Å². The summed E-state index contributed by atoms with van der Waals surface area (Å²) in [6.45, 7) is 8.01. The molecular weight excluding hydrogens is 168 g/mol. The second kappa shape index (κ2) is 3.19. The monoisotopic (exact) mass is 184 g/mol. The van der Waals surface area contributed by atoms with Gasteiger partial charge in [0.05, 0.1) is 5.60 Å². The van der Waals surface area contributed by atoms with Gasteiger partial charge in [-0.1, -0.05) is 13.8 Å². The molecule has 1 heterocycles. The van der Waals surface area contributed by atoms with E-state index in [9.17, 15) is 5.11 Å². The first-order valence-corrected chi connectivity index (χ1v) is 5.11. The zero-order valence-corrected chi connectivity index (χ0v) is 8.90. The summed E-state index contributed by atoms with van der Waals surface area (Å²) < 4.78 is 0. The van der Waals surface area contributed by atoms with Crippen LogP contribution in [0.4, 0.5) is 0 Å². The molecule has 1 atom stereocenters. The number of rotatable bonds is 2. The minimum absolute atomic E-state index is 0.259. The van der Waals surface area contributed by atoms with Crippen molar-refractivity contribution in [1.29, 1.82) is 0 Å². The minimum Gasteiger partial charge on any atom is -0.384 e. The standard InChI is InChI=1S/C10H16OS/c1-7(2)10(4,11)9-8(3)5-6-12-9/h5-7,11H,1-4H3. The molecule has 0 aliphatic carbocycles. The lowest BCUT2D eigenvalue weighted by atomic mass is 9.89. The van der Waals surface area contributed by atoms with E-state index in [1.165, 1.54) is 5.56 Å². The van der Waals surface area contributed by atoms with Crippen molar-refractivity contribution in [2.75, 3.05) is 0 Å². The SMILES string of the molecule is Cc1ccsc1C(C)(O)C(C)C. The maximum absolute atomic E-state index is 10.1.